The highest BCUT2D eigenvalue weighted by Gasteiger charge is 2.16. The van der Waals surface area contributed by atoms with Crippen LogP contribution < -0.4 is 10.1 Å². The summed E-state index contributed by atoms with van der Waals surface area (Å²) in [7, 11) is 1.50. The van der Waals surface area contributed by atoms with Gasteiger partial charge in [0.05, 0.1) is 11.4 Å². The van der Waals surface area contributed by atoms with E-state index in [4.69, 9.17) is 0 Å². The molecule has 1 amide bonds. The van der Waals surface area contributed by atoms with Gasteiger partial charge < -0.3 is 10.1 Å². The van der Waals surface area contributed by atoms with Crippen LogP contribution in [-0.4, -0.2) is 34.6 Å². The van der Waals surface area contributed by atoms with Gasteiger partial charge in [-0.2, -0.15) is 8.78 Å². The Balaban J connectivity index is 2.28. The molecule has 8 heteroatoms. The molecule has 0 aliphatic rings. The molecule has 2 aromatic rings. The number of hydrogen-bond donors (Lipinski definition) is 1. The van der Waals surface area contributed by atoms with Crippen molar-refractivity contribution in [2.45, 2.75) is 13.5 Å². The van der Waals surface area contributed by atoms with Crippen molar-refractivity contribution >= 4 is 5.91 Å². The van der Waals surface area contributed by atoms with Crippen LogP contribution in [0.25, 0.3) is 5.69 Å². The molecule has 0 bridgehead atoms. The molecule has 0 unspecified atom stereocenters. The molecule has 0 radical (unpaired) electrons. The van der Waals surface area contributed by atoms with Crippen LogP contribution in [0.3, 0.4) is 0 Å². The number of rotatable bonds is 4. The zero-order chi connectivity index (χ0) is 14.7. The quantitative estimate of drug-likeness (QED) is 0.923. The van der Waals surface area contributed by atoms with E-state index in [0.29, 0.717) is 11.4 Å². The van der Waals surface area contributed by atoms with Crippen molar-refractivity contribution in [3.8, 4) is 11.4 Å². The number of halogens is 2. The molecular weight excluding hydrogens is 270 g/mol. The van der Waals surface area contributed by atoms with Crippen molar-refractivity contribution in [2.24, 2.45) is 0 Å². The maximum absolute atomic E-state index is 12.0. The maximum atomic E-state index is 12.0. The van der Waals surface area contributed by atoms with Crippen LogP contribution in [0, 0.1) is 6.92 Å². The standard InChI is InChI=1S/C12H12F2N4O2/c1-7-10(11(19)15-2)16-17-18(7)8-3-5-9(6-4-8)20-12(13)14/h3-6,12H,1-2H3,(H,15,19). The van der Waals surface area contributed by atoms with Crippen LogP contribution in [0.5, 0.6) is 5.75 Å². The first-order valence-corrected chi connectivity index (χ1v) is 5.72. The third-order valence-electron chi connectivity index (χ3n) is 2.64. The fourth-order valence-electron chi connectivity index (χ4n) is 1.67. The monoisotopic (exact) mass is 282 g/mol. The highest BCUT2D eigenvalue weighted by molar-refractivity contribution is 5.93. The normalized spacial score (nSPS) is 10.7. The number of carbonyl (C=O) groups excluding carboxylic acids is 1. The van der Waals surface area contributed by atoms with E-state index in [-0.39, 0.29) is 17.4 Å². The molecule has 0 atom stereocenters. The van der Waals surface area contributed by atoms with Crippen molar-refractivity contribution in [1.82, 2.24) is 20.3 Å². The van der Waals surface area contributed by atoms with E-state index in [1.165, 1.54) is 23.9 Å². The topological polar surface area (TPSA) is 69.0 Å². The van der Waals surface area contributed by atoms with E-state index < -0.39 is 6.61 Å². The van der Waals surface area contributed by atoms with Gasteiger partial charge in [0.1, 0.15) is 5.75 Å². The number of nitrogens with zero attached hydrogens (tertiary/aromatic N) is 3. The fourth-order valence-corrected chi connectivity index (χ4v) is 1.67. The lowest BCUT2D eigenvalue weighted by molar-refractivity contribution is -0.0498. The third-order valence-corrected chi connectivity index (χ3v) is 2.64. The Morgan fingerprint density at radius 1 is 1.35 bits per heavy atom. The first-order valence-electron chi connectivity index (χ1n) is 5.72. The number of hydrogen-bond acceptors (Lipinski definition) is 4. The minimum Gasteiger partial charge on any atom is -0.435 e. The minimum atomic E-state index is -2.87. The number of carbonyl (C=O) groups is 1. The Morgan fingerprint density at radius 3 is 2.55 bits per heavy atom. The Labute approximate surface area is 113 Å². The molecule has 20 heavy (non-hydrogen) atoms. The van der Waals surface area contributed by atoms with Gasteiger partial charge in [-0.1, -0.05) is 5.21 Å². The third kappa shape index (κ3) is 2.73. The second kappa shape index (κ2) is 5.64. The first kappa shape index (κ1) is 13.9. The molecule has 1 aromatic carbocycles. The molecule has 1 heterocycles. The fraction of sp³-hybridized carbons (Fsp3) is 0.250. The molecule has 0 saturated heterocycles. The number of nitrogens with one attached hydrogen (secondary N) is 1. The second-order valence-corrected chi connectivity index (χ2v) is 3.89. The van der Waals surface area contributed by atoms with Gasteiger partial charge in [-0.05, 0) is 31.2 Å². The van der Waals surface area contributed by atoms with Crippen LogP contribution in [0.15, 0.2) is 24.3 Å². The van der Waals surface area contributed by atoms with Crippen molar-refractivity contribution in [2.75, 3.05) is 7.05 Å². The van der Waals surface area contributed by atoms with Gasteiger partial charge in [0.2, 0.25) is 0 Å². The summed E-state index contributed by atoms with van der Waals surface area (Å²) >= 11 is 0. The molecule has 1 N–H and O–H groups in total. The lowest BCUT2D eigenvalue weighted by atomic mass is 10.2. The molecular formula is C12H12F2N4O2. The van der Waals surface area contributed by atoms with Gasteiger partial charge in [0.25, 0.3) is 5.91 Å². The highest BCUT2D eigenvalue weighted by atomic mass is 19.3. The molecule has 0 aliphatic heterocycles. The zero-order valence-corrected chi connectivity index (χ0v) is 10.8. The van der Waals surface area contributed by atoms with Crippen molar-refractivity contribution in [3.63, 3.8) is 0 Å². The van der Waals surface area contributed by atoms with Crippen LogP contribution in [0.1, 0.15) is 16.2 Å². The first-order chi connectivity index (χ1) is 9.52. The molecule has 0 saturated carbocycles. The van der Waals surface area contributed by atoms with Gasteiger partial charge in [-0.15, -0.1) is 5.10 Å². The Kier molecular flexibility index (Phi) is 3.92. The predicted molar refractivity (Wildman–Crippen MR) is 66.1 cm³/mol. The van der Waals surface area contributed by atoms with E-state index in [1.807, 2.05) is 0 Å². The summed E-state index contributed by atoms with van der Waals surface area (Å²) in [4.78, 5) is 11.5. The smallest absolute Gasteiger partial charge is 0.387 e. The number of amides is 1. The average Bonchev–Trinajstić information content (AvgIpc) is 2.80. The van der Waals surface area contributed by atoms with Gasteiger partial charge in [-0.3, -0.25) is 4.79 Å². The molecule has 6 nitrogen and oxygen atoms in total. The second-order valence-electron chi connectivity index (χ2n) is 3.89. The highest BCUT2D eigenvalue weighted by Crippen LogP contribution is 2.18. The summed E-state index contributed by atoms with van der Waals surface area (Å²) < 4.78 is 29.8. The minimum absolute atomic E-state index is 0.0491. The summed E-state index contributed by atoms with van der Waals surface area (Å²) in [6.07, 6.45) is 0. The van der Waals surface area contributed by atoms with Crippen molar-refractivity contribution < 1.29 is 18.3 Å². The van der Waals surface area contributed by atoms with Crippen LogP contribution >= 0.6 is 0 Å². The van der Waals surface area contributed by atoms with Gasteiger partial charge in [0.15, 0.2) is 5.69 Å². The molecule has 0 spiro atoms. The summed E-state index contributed by atoms with van der Waals surface area (Å²) in [5, 5.41) is 10.1. The van der Waals surface area contributed by atoms with E-state index >= 15 is 0 Å². The molecule has 0 aliphatic carbocycles. The Morgan fingerprint density at radius 2 is 2.00 bits per heavy atom. The summed E-state index contributed by atoms with van der Waals surface area (Å²) in [5.41, 5.74) is 1.35. The number of ether oxygens (including phenoxy) is 1. The van der Waals surface area contributed by atoms with E-state index in [9.17, 15) is 13.6 Å². The Hall–Kier alpha value is -2.51. The van der Waals surface area contributed by atoms with Crippen molar-refractivity contribution in [1.29, 1.82) is 0 Å². The van der Waals surface area contributed by atoms with Gasteiger partial charge in [-0.25, -0.2) is 4.68 Å². The molecule has 2 rings (SSSR count). The lowest BCUT2D eigenvalue weighted by Gasteiger charge is -2.06. The van der Waals surface area contributed by atoms with Gasteiger partial charge in [0, 0.05) is 7.05 Å². The summed E-state index contributed by atoms with van der Waals surface area (Å²) in [6.45, 7) is -1.18. The Bertz CT molecular complexity index is 610. The van der Waals surface area contributed by atoms with E-state index in [0.717, 1.165) is 0 Å². The van der Waals surface area contributed by atoms with Crippen LogP contribution in [-0.2, 0) is 0 Å². The van der Waals surface area contributed by atoms with Crippen molar-refractivity contribution in [3.05, 3.63) is 35.7 Å². The van der Waals surface area contributed by atoms with Crippen LogP contribution in [0.2, 0.25) is 0 Å². The van der Waals surface area contributed by atoms with E-state index in [2.05, 4.69) is 20.4 Å². The zero-order valence-electron chi connectivity index (χ0n) is 10.8. The van der Waals surface area contributed by atoms with E-state index in [1.54, 1.807) is 19.1 Å². The number of benzene rings is 1. The predicted octanol–water partition coefficient (Wildman–Crippen LogP) is 1.54. The average molecular weight is 282 g/mol. The largest absolute Gasteiger partial charge is 0.435 e. The lowest BCUT2D eigenvalue weighted by Crippen LogP contribution is -2.19. The SMILES string of the molecule is CNC(=O)c1nnn(-c2ccc(OC(F)F)cc2)c1C. The molecule has 0 fully saturated rings. The van der Waals surface area contributed by atoms with Crippen LogP contribution in [0.4, 0.5) is 8.78 Å². The number of aromatic nitrogens is 3. The number of alkyl halides is 2. The molecule has 106 valence electrons. The maximum Gasteiger partial charge on any atom is 0.387 e. The molecule has 1 aromatic heterocycles. The van der Waals surface area contributed by atoms with Gasteiger partial charge >= 0.3 is 6.61 Å². The summed E-state index contributed by atoms with van der Waals surface area (Å²) in [6, 6.07) is 5.88. The summed E-state index contributed by atoms with van der Waals surface area (Å²) in [5.74, 6) is -0.292.